The number of nitrogen functional groups attached to an aromatic ring is 1. The molecule has 1 heterocycles. The van der Waals surface area contributed by atoms with Crippen molar-refractivity contribution in [1.82, 2.24) is 9.97 Å². The highest BCUT2D eigenvalue weighted by Gasteiger charge is 2.26. The summed E-state index contributed by atoms with van der Waals surface area (Å²) >= 11 is 1.52. The quantitative estimate of drug-likeness (QED) is 0.639. The Balaban J connectivity index is 2.14. The van der Waals surface area contributed by atoms with Crippen LogP contribution in [0, 0.1) is 0 Å². The van der Waals surface area contributed by atoms with E-state index in [9.17, 15) is 0 Å². The van der Waals surface area contributed by atoms with E-state index in [1.165, 1.54) is 43.9 Å². The summed E-state index contributed by atoms with van der Waals surface area (Å²) in [5, 5.41) is 4.26. The number of aromatic nitrogens is 2. The van der Waals surface area contributed by atoms with Gasteiger partial charge in [-0.05, 0) is 26.0 Å². The first kappa shape index (κ1) is 12.5. The Morgan fingerprint density at radius 2 is 2.00 bits per heavy atom. The summed E-state index contributed by atoms with van der Waals surface area (Å²) < 4.78 is 0. The van der Waals surface area contributed by atoms with Crippen molar-refractivity contribution < 1.29 is 0 Å². The maximum Gasteiger partial charge on any atom is 0.191 e. The second-order valence-electron chi connectivity index (χ2n) is 4.91. The number of nitrogens with zero attached hydrogens (tertiary/aromatic N) is 2. The number of thioether (sulfide) groups is 1. The van der Waals surface area contributed by atoms with Crippen molar-refractivity contribution in [3.05, 3.63) is 6.07 Å². The van der Waals surface area contributed by atoms with Crippen LogP contribution in [0.25, 0.3) is 0 Å². The minimum absolute atomic E-state index is 0.161. The Labute approximate surface area is 107 Å². The molecule has 1 saturated carbocycles. The number of anilines is 2. The van der Waals surface area contributed by atoms with Gasteiger partial charge in [-0.3, -0.25) is 0 Å². The average Bonchev–Trinajstić information content (AvgIpc) is 2.28. The molecule has 3 N–H and O–H groups in total. The molecule has 1 aliphatic carbocycles. The van der Waals surface area contributed by atoms with Crippen LogP contribution in [0.5, 0.6) is 0 Å². The predicted molar refractivity (Wildman–Crippen MR) is 73.3 cm³/mol. The van der Waals surface area contributed by atoms with Crippen LogP contribution in [0.15, 0.2) is 11.2 Å². The van der Waals surface area contributed by atoms with Crippen molar-refractivity contribution in [3.63, 3.8) is 0 Å². The van der Waals surface area contributed by atoms with Gasteiger partial charge in [-0.15, -0.1) is 0 Å². The summed E-state index contributed by atoms with van der Waals surface area (Å²) in [4.78, 5) is 8.61. The van der Waals surface area contributed by atoms with Crippen LogP contribution in [-0.2, 0) is 0 Å². The van der Waals surface area contributed by atoms with E-state index in [1.807, 2.05) is 12.3 Å². The number of hydrogen-bond donors (Lipinski definition) is 2. The molecule has 1 aromatic heterocycles. The first-order valence-electron chi connectivity index (χ1n) is 6.08. The molecule has 0 saturated heterocycles. The van der Waals surface area contributed by atoms with Gasteiger partial charge >= 0.3 is 0 Å². The zero-order valence-electron chi connectivity index (χ0n) is 10.5. The molecule has 4 nitrogen and oxygen atoms in total. The maximum atomic E-state index is 5.78. The molecule has 17 heavy (non-hydrogen) atoms. The molecular weight excluding hydrogens is 232 g/mol. The molecule has 0 bridgehead atoms. The minimum Gasteiger partial charge on any atom is -0.383 e. The third-order valence-electron chi connectivity index (χ3n) is 3.29. The monoisotopic (exact) mass is 252 g/mol. The highest BCUT2D eigenvalue weighted by atomic mass is 32.2. The Hall–Kier alpha value is -0.970. The van der Waals surface area contributed by atoms with Gasteiger partial charge in [-0.1, -0.05) is 31.0 Å². The van der Waals surface area contributed by atoms with E-state index < -0.39 is 0 Å². The lowest BCUT2D eigenvalue weighted by molar-refractivity contribution is 0.348. The summed E-state index contributed by atoms with van der Waals surface area (Å²) in [6, 6.07) is 1.82. The van der Waals surface area contributed by atoms with Gasteiger partial charge in [0.15, 0.2) is 5.16 Å². The molecule has 0 aromatic carbocycles. The normalized spacial score (nSPS) is 18.9. The second-order valence-corrected chi connectivity index (χ2v) is 5.68. The highest BCUT2D eigenvalue weighted by molar-refractivity contribution is 7.98. The van der Waals surface area contributed by atoms with Crippen LogP contribution in [0.2, 0.25) is 0 Å². The SMILES string of the molecule is CSc1nc(N)cc(NC2(C)CCCCC2)n1. The van der Waals surface area contributed by atoms with E-state index in [0.29, 0.717) is 5.82 Å². The maximum absolute atomic E-state index is 5.78. The lowest BCUT2D eigenvalue weighted by Crippen LogP contribution is -2.37. The molecule has 94 valence electrons. The van der Waals surface area contributed by atoms with E-state index in [2.05, 4.69) is 22.2 Å². The van der Waals surface area contributed by atoms with Gasteiger partial charge in [-0.2, -0.15) is 0 Å². The molecule has 2 rings (SSSR count). The summed E-state index contributed by atoms with van der Waals surface area (Å²) in [6.45, 7) is 2.27. The summed E-state index contributed by atoms with van der Waals surface area (Å²) in [6.07, 6.45) is 8.29. The molecule has 0 aliphatic heterocycles. The fraction of sp³-hybridized carbons (Fsp3) is 0.667. The van der Waals surface area contributed by atoms with Crippen LogP contribution < -0.4 is 11.1 Å². The van der Waals surface area contributed by atoms with E-state index in [4.69, 9.17) is 5.73 Å². The van der Waals surface area contributed by atoms with Gasteiger partial charge in [0.05, 0.1) is 0 Å². The molecule has 1 aliphatic rings. The molecule has 1 fully saturated rings. The Morgan fingerprint density at radius 1 is 1.29 bits per heavy atom. The number of rotatable bonds is 3. The third kappa shape index (κ3) is 3.25. The first-order valence-corrected chi connectivity index (χ1v) is 7.30. The van der Waals surface area contributed by atoms with E-state index >= 15 is 0 Å². The van der Waals surface area contributed by atoms with Crippen molar-refractivity contribution >= 4 is 23.4 Å². The standard InChI is InChI=1S/C12H20N4S/c1-12(6-4-3-5-7-12)16-10-8-9(13)14-11(15-10)17-2/h8H,3-7H2,1-2H3,(H3,13,14,15,16). The average molecular weight is 252 g/mol. The fourth-order valence-electron chi connectivity index (χ4n) is 2.36. The molecule has 0 radical (unpaired) electrons. The van der Waals surface area contributed by atoms with Crippen molar-refractivity contribution in [3.8, 4) is 0 Å². The van der Waals surface area contributed by atoms with E-state index in [0.717, 1.165) is 11.0 Å². The third-order valence-corrected chi connectivity index (χ3v) is 3.84. The van der Waals surface area contributed by atoms with Gasteiger partial charge in [-0.25, -0.2) is 9.97 Å². The van der Waals surface area contributed by atoms with Crippen LogP contribution in [0.4, 0.5) is 11.6 Å². The Bertz CT molecular complexity index is 388. The number of nitrogens with one attached hydrogen (secondary N) is 1. The van der Waals surface area contributed by atoms with Crippen LogP contribution in [-0.4, -0.2) is 21.8 Å². The fourth-order valence-corrected chi connectivity index (χ4v) is 2.75. The van der Waals surface area contributed by atoms with Gasteiger partial charge in [0.2, 0.25) is 0 Å². The molecule has 5 heteroatoms. The predicted octanol–water partition coefficient (Wildman–Crippen LogP) is 2.92. The van der Waals surface area contributed by atoms with Gasteiger partial charge < -0.3 is 11.1 Å². The van der Waals surface area contributed by atoms with Gasteiger partial charge in [0, 0.05) is 11.6 Å². The lowest BCUT2D eigenvalue weighted by atomic mass is 9.83. The Kier molecular flexibility index (Phi) is 3.76. The number of hydrogen-bond acceptors (Lipinski definition) is 5. The number of nitrogens with two attached hydrogens (primary N) is 1. The van der Waals surface area contributed by atoms with Crippen LogP contribution in [0.3, 0.4) is 0 Å². The molecule has 0 amide bonds. The topological polar surface area (TPSA) is 63.8 Å². The summed E-state index contributed by atoms with van der Waals surface area (Å²) in [5.41, 5.74) is 5.94. The smallest absolute Gasteiger partial charge is 0.191 e. The molecule has 0 atom stereocenters. The van der Waals surface area contributed by atoms with E-state index in [1.54, 1.807) is 0 Å². The largest absolute Gasteiger partial charge is 0.383 e. The molecule has 1 aromatic rings. The second kappa shape index (κ2) is 5.12. The lowest BCUT2D eigenvalue weighted by Gasteiger charge is -2.35. The van der Waals surface area contributed by atoms with Gasteiger partial charge in [0.1, 0.15) is 11.6 Å². The highest BCUT2D eigenvalue weighted by Crippen LogP contribution is 2.31. The molecule has 0 unspecified atom stereocenters. The summed E-state index contributed by atoms with van der Waals surface area (Å²) in [7, 11) is 0. The summed E-state index contributed by atoms with van der Waals surface area (Å²) in [5.74, 6) is 1.39. The van der Waals surface area contributed by atoms with Crippen molar-refractivity contribution in [2.24, 2.45) is 0 Å². The zero-order chi connectivity index (χ0) is 12.3. The van der Waals surface area contributed by atoms with Gasteiger partial charge in [0.25, 0.3) is 0 Å². The first-order chi connectivity index (χ1) is 8.11. The molecule has 0 spiro atoms. The van der Waals surface area contributed by atoms with E-state index in [-0.39, 0.29) is 5.54 Å². The zero-order valence-corrected chi connectivity index (χ0v) is 11.3. The van der Waals surface area contributed by atoms with Crippen molar-refractivity contribution in [2.45, 2.75) is 49.7 Å². The van der Waals surface area contributed by atoms with Crippen molar-refractivity contribution in [2.75, 3.05) is 17.3 Å². The van der Waals surface area contributed by atoms with Crippen LogP contribution >= 0.6 is 11.8 Å². The minimum atomic E-state index is 0.161. The molecular formula is C12H20N4S. The van der Waals surface area contributed by atoms with Crippen LogP contribution in [0.1, 0.15) is 39.0 Å². The van der Waals surface area contributed by atoms with Crippen molar-refractivity contribution in [1.29, 1.82) is 0 Å². The Morgan fingerprint density at radius 3 is 2.65 bits per heavy atom.